The van der Waals surface area contributed by atoms with Crippen molar-refractivity contribution < 1.29 is 9.21 Å². The van der Waals surface area contributed by atoms with E-state index >= 15 is 0 Å². The Kier molecular flexibility index (Phi) is 2.86. The number of nitrogens with two attached hydrogens (primary N) is 1. The van der Waals surface area contributed by atoms with E-state index in [-0.39, 0.29) is 11.4 Å². The van der Waals surface area contributed by atoms with Gasteiger partial charge in [-0.15, -0.1) is 0 Å². The van der Waals surface area contributed by atoms with E-state index in [9.17, 15) is 9.59 Å². The molecule has 6 heteroatoms. The van der Waals surface area contributed by atoms with Crippen molar-refractivity contribution in [2.45, 2.75) is 0 Å². The number of aldehydes is 1. The molecule has 0 spiro atoms. The molecule has 0 aliphatic carbocycles. The van der Waals surface area contributed by atoms with E-state index < -0.39 is 5.43 Å². The lowest BCUT2D eigenvalue weighted by atomic mass is 10.2. The fourth-order valence-electron chi connectivity index (χ4n) is 1.37. The summed E-state index contributed by atoms with van der Waals surface area (Å²) in [6, 6.07) is 3.31. The Labute approximate surface area is 107 Å². The normalized spacial score (nSPS) is 10.6. The maximum Gasteiger partial charge on any atom is 0.205 e. The first kappa shape index (κ1) is 11.3. The quantitative estimate of drug-likeness (QED) is 0.806. The summed E-state index contributed by atoms with van der Waals surface area (Å²) in [5.74, 6) is -0.171. The Balaban J connectivity index is 3.05. The molecule has 0 fully saturated rings. The van der Waals surface area contributed by atoms with E-state index in [4.69, 9.17) is 10.2 Å². The summed E-state index contributed by atoms with van der Waals surface area (Å²) in [6.45, 7) is 0. The number of anilines is 1. The van der Waals surface area contributed by atoms with Gasteiger partial charge < -0.3 is 10.2 Å². The molecule has 0 saturated carbocycles. The van der Waals surface area contributed by atoms with E-state index in [1.165, 1.54) is 0 Å². The molecule has 2 N–H and O–H groups in total. The smallest absolute Gasteiger partial charge is 0.205 e. The molecular formula is C10H5Br2NO3. The first-order valence-electron chi connectivity index (χ1n) is 4.21. The van der Waals surface area contributed by atoms with Gasteiger partial charge in [-0.3, -0.25) is 9.59 Å². The molecular weight excluding hydrogens is 342 g/mol. The summed E-state index contributed by atoms with van der Waals surface area (Å²) >= 11 is 6.51. The highest BCUT2D eigenvalue weighted by molar-refractivity contribution is 9.11. The standard InChI is InChI=1S/C10H5Br2NO3/c11-4-1-5-8(15)6(3-14)10(13)16-9(5)7(12)2-4/h1-3H,13H2. The third kappa shape index (κ3) is 1.68. The van der Waals surface area contributed by atoms with Crippen LogP contribution in [-0.4, -0.2) is 6.29 Å². The first-order chi connectivity index (χ1) is 7.54. The second-order valence-corrected chi connectivity index (χ2v) is 4.86. The van der Waals surface area contributed by atoms with Crippen LogP contribution in [0, 0.1) is 0 Å². The zero-order valence-corrected chi connectivity index (χ0v) is 11.0. The Hall–Kier alpha value is -1.14. The van der Waals surface area contributed by atoms with Crippen LogP contribution in [0.5, 0.6) is 0 Å². The second kappa shape index (κ2) is 4.03. The number of hydrogen-bond donors (Lipinski definition) is 1. The molecule has 0 unspecified atom stereocenters. The van der Waals surface area contributed by atoms with E-state index in [0.29, 0.717) is 26.2 Å². The molecule has 0 atom stereocenters. The van der Waals surface area contributed by atoms with E-state index in [1.807, 2.05) is 0 Å². The highest BCUT2D eigenvalue weighted by Crippen LogP contribution is 2.28. The SMILES string of the molecule is Nc1oc2c(Br)cc(Br)cc2c(=O)c1C=O. The van der Waals surface area contributed by atoms with E-state index in [2.05, 4.69) is 31.9 Å². The minimum atomic E-state index is -0.434. The maximum absolute atomic E-state index is 11.9. The molecule has 2 aromatic rings. The van der Waals surface area contributed by atoms with Crippen molar-refractivity contribution in [3.8, 4) is 0 Å². The summed E-state index contributed by atoms with van der Waals surface area (Å²) in [6.07, 6.45) is 0.398. The van der Waals surface area contributed by atoms with Gasteiger partial charge in [-0.05, 0) is 28.1 Å². The van der Waals surface area contributed by atoms with Crippen LogP contribution >= 0.6 is 31.9 Å². The van der Waals surface area contributed by atoms with Gasteiger partial charge >= 0.3 is 0 Å². The zero-order chi connectivity index (χ0) is 11.9. The van der Waals surface area contributed by atoms with Gasteiger partial charge in [-0.1, -0.05) is 15.9 Å². The number of rotatable bonds is 1. The molecule has 0 radical (unpaired) electrons. The van der Waals surface area contributed by atoms with Crippen molar-refractivity contribution in [1.82, 2.24) is 0 Å². The number of carbonyl (C=O) groups is 1. The molecule has 2 rings (SSSR count). The highest BCUT2D eigenvalue weighted by atomic mass is 79.9. The molecule has 1 heterocycles. The van der Waals surface area contributed by atoms with Gasteiger partial charge in [0.05, 0.1) is 9.86 Å². The largest absolute Gasteiger partial charge is 0.439 e. The predicted octanol–water partition coefficient (Wildman–Crippen LogP) is 2.71. The van der Waals surface area contributed by atoms with Gasteiger partial charge in [0, 0.05) is 4.47 Å². The third-order valence-corrected chi connectivity index (χ3v) is 3.14. The second-order valence-electron chi connectivity index (χ2n) is 3.09. The first-order valence-corrected chi connectivity index (χ1v) is 5.79. The molecule has 0 saturated heterocycles. The van der Waals surface area contributed by atoms with Crippen molar-refractivity contribution in [2.75, 3.05) is 5.73 Å². The molecule has 4 nitrogen and oxygen atoms in total. The highest BCUT2D eigenvalue weighted by Gasteiger charge is 2.14. The number of hydrogen-bond acceptors (Lipinski definition) is 4. The van der Waals surface area contributed by atoms with E-state index in [0.717, 1.165) is 0 Å². The van der Waals surface area contributed by atoms with Crippen LogP contribution in [0.1, 0.15) is 10.4 Å². The maximum atomic E-state index is 11.9. The molecule has 0 amide bonds. The van der Waals surface area contributed by atoms with Gasteiger partial charge in [-0.25, -0.2) is 0 Å². The summed E-state index contributed by atoms with van der Waals surface area (Å²) in [5, 5.41) is 0.303. The number of halogens is 2. The molecule has 82 valence electrons. The number of nitrogen functional groups attached to an aromatic ring is 1. The Bertz CT molecular complexity index is 649. The van der Waals surface area contributed by atoms with Gasteiger partial charge in [0.1, 0.15) is 5.56 Å². The van der Waals surface area contributed by atoms with Crippen LogP contribution < -0.4 is 11.2 Å². The summed E-state index contributed by atoms with van der Waals surface area (Å²) in [4.78, 5) is 22.6. The lowest BCUT2D eigenvalue weighted by molar-refractivity contribution is 0.112. The monoisotopic (exact) mass is 345 g/mol. The number of fused-ring (bicyclic) bond motifs is 1. The van der Waals surface area contributed by atoms with Gasteiger partial charge in [0.25, 0.3) is 0 Å². The summed E-state index contributed by atoms with van der Waals surface area (Å²) in [5.41, 5.74) is 5.21. The van der Waals surface area contributed by atoms with Crippen LogP contribution in [0.25, 0.3) is 11.0 Å². The van der Waals surface area contributed by atoms with Crippen molar-refractivity contribution in [1.29, 1.82) is 0 Å². The average molecular weight is 347 g/mol. The molecule has 16 heavy (non-hydrogen) atoms. The Morgan fingerprint density at radius 3 is 2.62 bits per heavy atom. The summed E-state index contributed by atoms with van der Waals surface area (Å²) in [7, 11) is 0. The van der Waals surface area contributed by atoms with Crippen LogP contribution in [0.3, 0.4) is 0 Å². The topological polar surface area (TPSA) is 73.3 Å². The minimum absolute atomic E-state index is 0.155. The minimum Gasteiger partial charge on any atom is -0.439 e. The van der Waals surface area contributed by atoms with Crippen LogP contribution in [-0.2, 0) is 0 Å². The number of carbonyl (C=O) groups excluding carboxylic acids is 1. The van der Waals surface area contributed by atoms with Crippen LogP contribution in [0.4, 0.5) is 5.88 Å². The molecule has 0 bridgehead atoms. The lowest BCUT2D eigenvalue weighted by Crippen LogP contribution is -2.11. The van der Waals surface area contributed by atoms with Gasteiger partial charge in [0.2, 0.25) is 11.3 Å². The molecule has 1 aromatic carbocycles. The molecule has 1 aromatic heterocycles. The average Bonchev–Trinajstić information content (AvgIpc) is 2.21. The van der Waals surface area contributed by atoms with Crippen molar-refractivity contribution in [2.24, 2.45) is 0 Å². The van der Waals surface area contributed by atoms with Crippen molar-refractivity contribution in [3.63, 3.8) is 0 Å². The van der Waals surface area contributed by atoms with Gasteiger partial charge in [-0.2, -0.15) is 0 Å². The Morgan fingerprint density at radius 1 is 1.31 bits per heavy atom. The fourth-order valence-corrected chi connectivity index (χ4v) is 2.67. The fraction of sp³-hybridized carbons (Fsp3) is 0. The van der Waals surface area contributed by atoms with Crippen LogP contribution in [0.15, 0.2) is 30.3 Å². The molecule has 0 aliphatic rings. The lowest BCUT2D eigenvalue weighted by Gasteiger charge is -2.03. The number of benzene rings is 1. The molecule has 0 aliphatic heterocycles. The van der Waals surface area contributed by atoms with Crippen molar-refractivity contribution in [3.05, 3.63) is 36.9 Å². The zero-order valence-electron chi connectivity index (χ0n) is 7.79. The summed E-state index contributed by atoms with van der Waals surface area (Å²) < 4.78 is 6.53. The van der Waals surface area contributed by atoms with E-state index in [1.54, 1.807) is 12.1 Å². The third-order valence-electron chi connectivity index (χ3n) is 2.09. The Morgan fingerprint density at radius 2 is 2.00 bits per heavy atom. The van der Waals surface area contributed by atoms with Crippen molar-refractivity contribution >= 4 is 55.0 Å². The van der Waals surface area contributed by atoms with Crippen LogP contribution in [0.2, 0.25) is 0 Å². The van der Waals surface area contributed by atoms with Gasteiger partial charge in [0.15, 0.2) is 11.9 Å². The predicted molar refractivity (Wildman–Crippen MR) is 67.7 cm³/mol.